The highest BCUT2D eigenvalue weighted by Crippen LogP contribution is 2.35. The first-order chi connectivity index (χ1) is 7.95. The molecule has 0 saturated carbocycles. The smallest absolute Gasteiger partial charge is 0.277 e. The van der Waals surface area contributed by atoms with E-state index in [1.807, 2.05) is 13.8 Å². The Bertz CT molecular complexity index is 317. The summed E-state index contributed by atoms with van der Waals surface area (Å²) in [5.41, 5.74) is -1.09. The van der Waals surface area contributed by atoms with Crippen molar-refractivity contribution in [3.63, 3.8) is 0 Å². The molecule has 1 saturated heterocycles. The van der Waals surface area contributed by atoms with E-state index in [0.29, 0.717) is 6.42 Å². The maximum Gasteiger partial charge on any atom is 0.328 e. The van der Waals surface area contributed by atoms with Gasteiger partial charge in [-0.25, -0.2) is 4.79 Å². The van der Waals surface area contributed by atoms with Gasteiger partial charge in [0.1, 0.15) is 5.41 Å². The van der Waals surface area contributed by atoms with Crippen LogP contribution in [-0.2, 0) is 9.59 Å². The topological polar surface area (TPSA) is 75.3 Å². The lowest BCUT2D eigenvalue weighted by Crippen LogP contribution is -2.64. The third kappa shape index (κ3) is 2.48. The fourth-order valence-corrected chi connectivity index (χ4v) is 2.26. The van der Waals surface area contributed by atoms with Gasteiger partial charge in [0.25, 0.3) is 0 Å². The van der Waals surface area contributed by atoms with E-state index in [2.05, 4.69) is 17.6 Å². The van der Waals surface area contributed by atoms with Crippen LogP contribution in [0.25, 0.3) is 0 Å². The van der Waals surface area contributed by atoms with Crippen LogP contribution in [0.2, 0.25) is 0 Å². The van der Waals surface area contributed by atoms with Crippen LogP contribution in [-0.4, -0.2) is 17.8 Å². The number of unbranched alkanes of at least 4 members (excludes halogenated alkanes) is 2. The first kappa shape index (κ1) is 13.7. The zero-order valence-corrected chi connectivity index (χ0v) is 10.6. The molecule has 0 bridgehead atoms. The summed E-state index contributed by atoms with van der Waals surface area (Å²) >= 11 is 0. The van der Waals surface area contributed by atoms with Crippen LogP contribution in [0.5, 0.6) is 0 Å². The van der Waals surface area contributed by atoms with Crippen LogP contribution in [0.4, 0.5) is 4.79 Å². The molecule has 5 heteroatoms. The van der Waals surface area contributed by atoms with Gasteiger partial charge in [-0.05, 0) is 12.3 Å². The van der Waals surface area contributed by atoms with Crippen LogP contribution in [0.3, 0.4) is 0 Å². The Morgan fingerprint density at radius 1 is 1.06 bits per heavy atom. The second kappa shape index (κ2) is 5.29. The molecule has 0 aromatic rings. The van der Waals surface area contributed by atoms with Crippen molar-refractivity contribution in [2.75, 3.05) is 0 Å². The van der Waals surface area contributed by atoms with Gasteiger partial charge in [-0.1, -0.05) is 40.0 Å². The highest BCUT2D eigenvalue weighted by atomic mass is 16.2. The number of carbonyl (C=O) groups is 3. The van der Waals surface area contributed by atoms with Gasteiger partial charge >= 0.3 is 6.03 Å². The van der Waals surface area contributed by atoms with Crippen molar-refractivity contribution in [1.29, 1.82) is 0 Å². The number of hydrogen-bond acceptors (Lipinski definition) is 3. The van der Waals surface area contributed by atoms with Gasteiger partial charge in [-0.2, -0.15) is 0 Å². The third-order valence-corrected chi connectivity index (χ3v) is 3.42. The largest absolute Gasteiger partial charge is 0.328 e. The summed E-state index contributed by atoms with van der Waals surface area (Å²) in [7, 11) is 0. The summed E-state index contributed by atoms with van der Waals surface area (Å²) in [6.07, 6.45) is 3.30. The van der Waals surface area contributed by atoms with E-state index in [1.54, 1.807) is 0 Å². The molecule has 0 spiro atoms. The monoisotopic (exact) mass is 240 g/mol. The number of amides is 4. The highest BCUT2D eigenvalue weighted by Gasteiger charge is 2.51. The van der Waals surface area contributed by atoms with Crippen molar-refractivity contribution in [3.8, 4) is 0 Å². The number of urea groups is 1. The summed E-state index contributed by atoms with van der Waals surface area (Å²) in [4.78, 5) is 35.0. The molecular weight excluding hydrogens is 220 g/mol. The second-order valence-corrected chi connectivity index (χ2v) is 4.82. The molecule has 17 heavy (non-hydrogen) atoms. The Morgan fingerprint density at radius 2 is 1.59 bits per heavy atom. The van der Waals surface area contributed by atoms with Crippen molar-refractivity contribution in [3.05, 3.63) is 0 Å². The number of imide groups is 2. The van der Waals surface area contributed by atoms with Crippen LogP contribution in [0.15, 0.2) is 0 Å². The van der Waals surface area contributed by atoms with Gasteiger partial charge in [0, 0.05) is 0 Å². The van der Waals surface area contributed by atoms with E-state index in [1.165, 1.54) is 0 Å². The van der Waals surface area contributed by atoms with E-state index in [0.717, 1.165) is 19.3 Å². The Hall–Kier alpha value is -1.39. The lowest BCUT2D eigenvalue weighted by Gasteiger charge is -2.37. The van der Waals surface area contributed by atoms with Crippen LogP contribution in [0, 0.1) is 11.3 Å². The summed E-state index contributed by atoms with van der Waals surface area (Å²) in [6.45, 7) is 5.73. The van der Waals surface area contributed by atoms with Gasteiger partial charge in [-0.15, -0.1) is 0 Å². The van der Waals surface area contributed by atoms with Crippen LogP contribution >= 0.6 is 0 Å². The number of nitrogens with one attached hydrogen (secondary N) is 2. The minimum atomic E-state index is -1.09. The highest BCUT2D eigenvalue weighted by molar-refractivity contribution is 6.19. The van der Waals surface area contributed by atoms with Crippen molar-refractivity contribution in [2.45, 2.75) is 46.5 Å². The summed E-state index contributed by atoms with van der Waals surface area (Å²) < 4.78 is 0. The summed E-state index contributed by atoms with van der Waals surface area (Å²) in [6, 6.07) is -0.716. The molecular formula is C12H20N2O3. The van der Waals surface area contributed by atoms with E-state index in [4.69, 9.17) is 0 Å². The van der Waals surface area contributed by atoms with Crippen molar-refractivity contribution in [1.82, 2.24) is 10.6 Å². The summed E-state index contributed by atoms with van der Waals surface area (Å²) in [5, 5.41) is 4.40. The molecule has 1 fully saturated rings. The number of barbiturate groups is 1. The van der Waals surface area contributed by atoms with Gasteiger partial charge in [0.2, 0.25) is 11.8 Å². The first-order valence-electron chi connectivity index (χ1n) is 6.12. The molecule has 2 N–H and O–H groups in total. The van der Waals surface area contributed by atoms with Gasteiger partial charge < -0.3 is 0 Å². The molecule has 0 aromatic carbocycles. The molecule has 4 amide bonds. The SMILES string of the molecule is CCCCCC1(C(C)C)C(=O)NC(=O)NC1=O. The zero-order valence-electron chi connectivity index (χ0n) is 10.6. The predicted molar refractivity (Wildman–Crippen MR) is 63.1 cm³/mol. The first-order valence-corrected chi connectivity index (χ1v) is 6.12. The van der Waals surface area contributed by atoms with Crippen molar-refractivity contribution >= 4 is 17.8 Å². The van der Waals surface area contributed by atoms with E-state index in [9.17, 15) is 14.4 Å². The Kier molecular flexibility index (Phi) is 4.26. The molecule has 0 aromatic heterocycles. The zero-order chi connectivity index (χ0) is 13.1. The quantitative estimate of drug-likeness (QED) is 0.566. The Balaban J connectivity index is 2.92. The maximum atomic E-state index is 12.0. The lowest BCUT2D eigenvalue weighted by atomic mass is 9.71. The van der Waals surface area contributed by atoms with Gasteiger partial charge in [0.15, 0.2) is 0 Å². The average molecular weight is 240 g/mol. The van der Waals surface area contributed by atoms with Crippen molar-refractivity contribution in [2.24, 2.45) is 11.3 Å². The fraction of sp³-hybridized carbons (Fsp3) is 0.750. The van der Waals surface area contributed by atoms with E-state index >= 15 is 0 Å². The second-order valence-electron chi connectivity index (χ2n) is 4.82. The van der Waals surface area contributed by atoms with Crippen LogP contribution in [0.1, 0.15) is 46.5 Å². The minimum Gasteiger partial charge on any atom is -0.277 e. The number of carbonyl (C=O) groups excluding carboxylic acids is 3. The molecule has 96 valence electrons. The van der Waals surface area contributed by atoms with E-state index < -0.39 is 23.3 Å². The Labute approximate surface area is 101 Å². The molecule has 0 radical (unpaired) electrons. The summed E-state index contributed by atoms with van der Waals surface area (Å²) in [5.74, 6) is -1.05. The molecule has 0 unspecified atom stereocenters. The molecule has 1 rings (SSSR count). The predicted octanol–water partition coefficient (Wildman–Crippen LogP) is 1.58. The number of rotatable bonds is 5. The van der Waals surface area contributed by atoms with Crippen LogP contribution < -0.4 is 10.6 Å². The molecule has 1 aliphatic rings. The average Bonchev–Trinajstić information content (AvgIpc) is 2.21. The minimum absolute atomic E-state index is 0.132. The van der Waals surface area contributed by atoms with E-state index in [-0.39, 0.29) is 5.92 Å². The molecule has 0 atom stereocenters. The maximum absolute atomic E-state index is 12.0. The van der Waals surface area contributed by atoms with Crippen molar-refractivity contribution < 1.29 is 14.4 Å². The molecule has 0 aliphatic carbocycles. The van der Waals surface area contributed by atoms with Gasteiger partial charge in [-0.3, -0.25) is 20.2 Å². The lowest BCUT2D eigenvalue weighted by molar-refractivity contribution is -0.148. The molecule has 1 heterocycles. The fourth-order valence-electron chi connectivity index (χ4n) is 2.26. The Morgan fingerprint density at radius 3 is 2.00 bits per heavy atom. The van der Waals surface area contributed by atoms with Gasteiger partial charge in [0.05, 0.1) is 0 Å². The normalized spacial score (nSPS) is 19.2. The molecule has 5 nitrogen and oxygen atoms in total. The molecule has 1 aliphatic heterocycles. The third-order valence-electron chi connectivity index (χ3n) is 3.42. The standard InChI is InChI=1S/C12H20N2O3/c1-4-5-6-7-12(8(2)3)9(15)13-11(17)14-10(12)16/h8H,4-7H2,1-3H3,(H2,13,14,15,16,17). The number of hydrogen-bond donors (Lipinski definition) is 2.